The predicted molar refractivity (Wildman–Crippen MR) is 95.8 cm³/mol. The van der Waals surface area contributed by atoms with E-state index in [-0.39, 0.29) is 40.1 Å². The van der Waals surface area contributed by atoms with Crippen LogP contribution in [0.25, 0.3) is 11.2 Å². The molecule has 0 spiro atoms. The molecular weight excluding hydrogens is 402 g/mol. The van der Waals surface area contributed by atoms with Gasteiger partial charge in [-0.15, -0.1) is 17.0 Å². The number of aliphatic hydroxyl groups is 3. The highest BCUT2D eigenvalue weighted by molar-refractivity contribution is 8.93. The molecule has 0 radical (unpaired) electrons. The van der Waals surface area contributed by atoms with Crippen LogP contribution >= 0.6 is 17.0 Å². The summed E-state index contributed by atoms with van der Waals surface area (Å²) < 4.78 is 7.28. The third-order valence-electron chi connectivity index (χ3n) is 3.98. The number of fused-ring (bicyclic) bond motifs is 1. The van der Waals surface area contributed by atoms with E-state index in [1.807, 2.05) is 12.5 Å². The molecule has 0 bridgehead atoms. The van der Waals surface area contributed by atoms with Gasteiger partial charge in [0.05, 0.1) is 24.9 Å². The summed E-state index contributed by atoms with van der Waals surface area (Å²) in [5, 5.41) is 30.5. The van der Waals surface area contributed by atoms with Gasteiger partial charge in [-0.1, -0.05) is 0 Å². The number of halogens is 1. The van der Waals surface area contributed by atoms with Crippen LogP contribution in [0.4, 0.5) is 5.82 Å². The first-order valence-corrected chi connectivity index (χ1v) is 9.19. The Hall–Kier alpha value is -0.980. The molecule has 2 aromatic heterocycles. The van der Waals surface area contributed by atoms with E-state index in [9.17, 15) is 15.3 Å². The number of hydrogen-bond acceptors (Lipinski definition) is 8. The Balaban J connectivity index is 0.00000208. The average Bonchev–Trinajstić information content (AvgIpc) is 3.05. The zero-order chi connectivity index (χ0) is 16.7. The fourth-order valence-electron chi connectivity index (χ4n) is 2.60. The number of anilines is 1. The first-order valence-electron chi connectivity index (χ1n) is 7.09. The molecule has 9 nitrogen and oxygen atoms in total. The minimum absolute atomic E-state index is 0. The molecule has 0 aliphatic carbocycles. The Morgan fingerprint density at radius 1 is 1.29 bits per heavy atom. The summed E-state index contributed by atoms with van der Waals surface area (Å²) in [4.78, 5) is 12.1. The van der Waals surface area contributed by atoms with Crippen molar-refractivity contribution in [1.82, 2.24) is 19.5 Å². The molecule has 2 aromatic rings. The van der Waals surface area contributed by atoms with Crippen molar-refractivity contribution >= 4 is 44.9 Å². The van der Waals surface area contributed by atoms with E-state index in [2.05, 4.69) is 15.0 Å². The number of imidazole rings is 1. The zero-order valence-electron chi connectivity index (χ0n) is 13.2. The first kappa shape index (κ1) is 19.3. The van der Waals surface area contributed by atoms with Crippen molar-refractivity contribution < 1.29 is 20.1 Å². The lowest BCUT2D eigenvalue weighted by Crippen LogP contribution is -2.34. The minimum atomic E-state index is -1.16. The molecule has 5 N–H and O–H groups in total. The van der Waals surface area contributed by atoms with Gasteiger partial charge in [-0.25, -0.2) is 15.0 Å². The van der Waals surface area contributed by atoms with E-state index >= 15 is 0 Å². The van der Waals surface area contributed by atoms with E-state index in [0.29, 0.717) is 11.2 Å². The standard InChI is InChI=1S/C13H20N5O4S.BrH/c1-23(2)7(19)3-6-9(20)10(21)13(22-6)18-5-17-8-11(14)15-4-16-12(8)18;/h4-7,9-10,13,19-21H,3H2,1-2H3,(H2,14,15,16);1H/q+1;/t6-,7?,9-,10-,13-;/m1./s1. The van der Waals surface area contributed by atoms with E-state index < -0.39 is 30.0 Å². The molecule has 1 aliphatic rings. The van der Waals surface area contributed by atoms with Crippen molar-refractivity contribution in [2.24, 2.45) is 0 Å². The largest absolute Gasteiger partial charge is 0.388 e. The molecule has 0 amide bonds. The van der Waals surface area contributed by atoms with E-state index in [1.165, 1.54) is 17.2 Å². The van der Waals surface area contributed by atoms with Crippen molar-refractivity contribution in [2.75, 3.05) is 18.2 Å². The number of aliphatic hydroxyl groups excluding tert-OH is 3. The normalized spacial score (nSPS) is 28.2. The van der Waals surface area contributed by atoms with Gasteiger partial charge >= 0.3 is 0 Å². The highest BCUT2D eigenvalue weighted by atomic mass is 79.9. The van der Waals surface area contributed by atoms with Crippen LogP contribution in [0.5, 0.6) is 0 Å². The van der Waals surface area contributed by atoms with Crippen LogP contribution in [0.15, 0.2) is 12.7 Å². The summed E-state index contributed by atoms with van der Waals surface area (Å²) in [5.74, 6) is 0.231. The lowest BCUT2D eigenvalue weighted by Gasteiger charge is -2.17. The second-order valence-corrected chi connectivity index (χ2v) is 8.00. The van der Waals surface area contributed by atoms with Crippen LogP contribution in [0.1, 0.15) is 12.6 Å². The fraction of sp³-hybridized carbons (Fsp3) is 0.615. The number of rotatable bonds is 4. The lowest BCUT2D eigenvalue weighted by molar-refractivity contribution is -0.0426. The van der Waals surface area contributed by atoms with Crippen molar-refractivity contribution in [1.29, 1.82) is 0 Å². The summed E-state index contributed by atoms with van der Waals surface area (Å²) in [6.07, 6.45) is 3.02. The Morgan fingerprint density at radius 2 is 2.00 bits per heavy atom. The van der Waals surface area contributed by atoms with Gasteiger partial charge in [-0.3, -0.25) is 4.57 Å². The van der Waals surface area contributed by atoms with Crippen molar-refractivity contribution in [3.05, 3.63) is 12.7 Å². The Bertz CT molecular complexity index is 702. The van der Waals surface area contributed by atoms with Gasteiger partial charge in [-0.05, 0) is 0 Å². The third-order valence-corrected chi connectivity index (χ3v) is 5.26. The van der Waals surface area contributed by atoms with Crippen LogP contribution in [-0.4, -0.2) is 71.1 Å². The topological polar surface area (TPSA) is 140 Å². The van der Waals surface area contributed by atoms with Crippen LogP contribution in [-0.2, 0) is 15.6 Å². The number of nitrogens with two attached hydrogens (primary N) is 1. The number of hydrogen-bond donors (Lipinski definition) is 4. The van der Waals surface area contributed by atoms with Gasteiger partial charge in [0, 0.05) is 17.3 Å². The molecule has 5 atom stereocenters. The fourth-order valence-corrected chi connectivity index (χ4v) is 3.18. The number of nitrogens with zero attached hydrogens (tertiary/aromatic N) is 4. The van der Waals surface area contributed by atoms with Gasteiger partial charge in [0.15, 0.2) is 17.7 Å². The van der Waals surface area contributed by atoms with E-state index in [4.69, 9.17) is 10.5 Å². The molecule has 1 aliphatic heterocycles. The van der Waals surface area contributed by atoms with Crippen LogP contribution < -0.4 is 5.73 Å². The maximum Gasteiger partial charge on any atom is 0.217 e. The average molecular weight is 423 g/mol. The maximum absolute atomic E-state index is 10.3. The summed E-state index contributed by atoms with van der Waals surface area (Å²) >= 11 is 0. The van der Waals surface area contributed by atoms with Crippen LogP contribution in [0, 0.1) is 0 Å². The Morgan fingerprint density at radius 3 is 2.67 bits per heavy atom. The molecule has 0 aromatic carbocycles. The zero-order valence-corrected chi connectivity index (χ0v) is 15.7. The van der Waals surface area contributed by atoms with Crippen molar-refractivity contribution in [3.63, 3.8) is 0 Å². The van der Waals surface area contributed by atoms with E-state index in [1.54, 1.807) is 0 Å². The van der Waals surface area contributed by atoms with Crippen molar-refractivity contribution in [2.45, 2.75) is 36.4 Å². The minimum Gasteiger partial charge on any atom is -0.388 e. The molecule has 0 saturated carbocycles. The van der Waals surface area contributed by atoms with Gasteiger partial charge in [0.2, 0.25) is 5.44 Å². The second kappa shape index (κ2) is 7.50. The molecule has 3 heterocycles. The van der Waals surface area contributed by atoms with Crippen LogP contribution in [0.3, 0.4) is 0 Å². The molecule has 134 valence electrons. The molecule has 3 rings (SSSR count). The third kappa shape index (κ3) is 3.37. The Labute approximate surface area is 152 Å². The molecule has 11 heteroatoms. The van der Waals surface area contributed by atoms with Gasteiger partial charge in [-0.2, -0.15) is 0 Å². The number of ether oxygens (including phenoxy) is 1. The van der Waals surface area contributed by atoms with Gasteiger partial charge < -0.3 is 25.8 Å². The number of nitrogen functional groups attached to an aromatic ring is 1. The highest BCUT2D eigenvalue weighted by Crippen LogP contribution is 2.34. The maximum atomic E-state index is 10.3. The summed E-state index contributed by atoms with van der Waals surface area (Å²) in [6.45, 7) is 0. The molecule has 1 saturated heterocycles. The predicted octanol–water partition coefficient (Wildman–Crippen LogP) is -0.808. The monoisotopic (exact) mass is 422 g/mol. The summed E-state index contributed by atoms with van der Waals surface area (Å²) in [5.41, 5.74) is 5.97. The smallest absolute Gasteiger partial charge is 0.217 e. The first-order chi connectivity index (χ1) is 10.9. The lowest BCUT2D eigenvalue weighted by atomic mass is 10.1. The molecular formula is C13H21BrN5O4S+. The summed E-state index contributed by atoms with van der Waals surface area (Å²) in [6, 6.07) is 0. The highest BCUT2D eigenvalue weighted by Gasteiger charge is 2.46. The quantitative estimate of drug-likeness (QED) is 0.469. The number of aromatic nitrogens is 4. The van der Waals surface area contributed by atoms with Crippen LogP contribution in [0.2, 0.25) is 0 Å². The van der Waals surface area contributed by atoms with Gasteiger partial charge in [0.25, 0.3) is 0 Å². The molecule has 24 heavy (non-hydrogen) atoms. The van der Waals surface area contributed by atoms with E-state index in [0.717, 1.165) is 0 Å². The summed E-state index contributed by atoms with van der Waals surface area (Å²) in [7, 11) is -0.229. The Kier molecular flexibility index (Phi) is 6.04. The molecule has 1 fully saturated rings. The SMILES string of the molecule is Br.C[S+](C)C(O)C[C@H]1O[C@@H](n2cnc3c(N)ncnc32)[C@H](O)[C@@H]1O. The van der Waals surface area contributed by atoms with Gasteiger partial charge in [0.1, 0.15) is 24.1 Å². The molecule has 1 unspecified atom stereocenters. The second-order valence-electron chi connectivity index (χ2n) is 5.70. The van der Waals surface area contributed by atoms with Crippen molar-refractivity contribution in [3.8, 4) is 0 Å².